The van der Waals surface area contributed by atoms with Crippen molar-refractivity contribution in [2.45, 2.75) is 165 Å². The number of rotatable bonds is 21. The van der Waals surface area contributed by atoms with Gasteiger partial charge in [-0.25, -0.2) is 49.8 Å². The molecule has 0 unspecified atom stereocenters. The molecule has 0 spiro atoms. The van der Waals surface area contributed by atoms with Gasteiger partial charge in [0.05, 0.1) is 41.3 Å². The molecule has 6 heterocycles. The maximum Gasteiger partial charge on any atom is 0.222 e. The van der Waals surface area contributed by atoms with Crippen LogP contribution in [0.1, 0.15) is 144 Å². The SMILES string of the molecule is CCCc1cc(-c2cc(Cl)ccc2C)nc(N)n1.COc1cc(C)c(-c2cc(NC3CC3)nc(N)n2)cc1C.Cc1ccc(C)c(-c2cc(CC3CC3)nc(N)n2)c1.Cc1ccc(Cl)cc1-c1cc(CC2CC2)nc(N)n1.Cc1ccc(Cl)cc1-c1cc(CC2CCC2)nc(N)n1.Cc1ccc(Cl)cc1-c1cc(NCCc2ccc(Cl)cc2)nc(N)n1. The van der Waals surface area contributed by atoms with Crippen LogP contribution < -0.4 is 49.8 Å². The van der Waals surface area contributed by atoms with E-state index in [0.29, 0.717) is 61.7 Å². The predicted molar refractivity (Wildman–Crippen MR) is 504 cm³/mol. The van der Waals surface area contributed by atoms with E-state index in [0.717, 1.165) is 203 Å². The van der Waals surface area contributed by atoms with Crippen LogP contribution in [0.15, 0.2) is 164 Å². The van der Waals surface area contributed by atoms with Crippen LogP contribution in [0.5, 0.6) is 5.75 Å². The second-order valence-corrected chi connectivity index (χ2v) is 34.1. The Hall–Kier alpha value is -11.3. The van der Waals surface area contributed by atoms with Crippen molar-refractivity contribution in [2.24, 2.45) is 17.8 Å². The first-order valence-corrected chi connectivity index (χ1v) is 43.3. The fourth-order valence-corrected chi connectivity index (χ4v) is 14.9. The van der Waals surface area contributed by atoms with Gasteiger partial charge in [-0.1, -0.05) is 145 Å². The van der Waals surface area contributed by atoms with Crippen molar-refractivity contribution in [3.05, 3.63) is 262 Å². The quantitative estimate of drug-likeness (QED) is 0.0331. The molecule has 0 amide bonds. The number of hydrogen-bond donors (Lipinski definition) is 8. The zero-order valence-electron chi connectivity index (χ0n) is 70.8. The third-order valence-electron chi connectivity index (χ3n) is 21.4. The van der Waals surface area contributed by atoms with E-state index in [9.17, 15) is 0 Å². The Morgan fingerprint density at radius 3 is 1.06 bits per heavy atom. The molecule has 0 atom stereocenters. The molecule has 4 aliphatic rings. The summed E-state index contributed by atoms with van der Waals surface area (Å²) in [6.45, 7) is 19.3. The van der Waals surface area contributed by atoms with Gasteiger partial charge < -0.3 is 49.8 Å². The fraction of sp³-hybridized carbons (Fsp3) is 0.312. The summed E-state index contributed by atoms with van der Waals surface area (Å²) in [5.74, 6) is 6.63. The Morgan fingerprint density at radius 2 is 0.672 bits per heavy atom. The number of nitrogens with one attached hydrogen (secondary N) is 2. The lowest BCUT2D eigenvalue weighted by Crippen LogP contribution is -2.15. The molecule has 7 aromatic carbocycles. The van der Waals surface area contributed by atoms with Crippen LogP contribution in [0, 0.1) is 73.1 Å². The average Bonchev–Trinajstić information content (AvgIpc) is 1.82. The predicted octanol–water partition coefficient (Wildman–Crippen LogP) is 22.5. The molecule has 0 aliphatic heterocycles. The van der Waals surface area contributed by atoms with Gasteiger partial charge >= 0.3 is 0 Å². The molecule has 4 saturated carbocycles. The first kappa shape index (κ1) is 89.9. The topological polar surface area (TPSA) is 344 Å². The molecule has 13 aromatic rings. The lowest BCUT2D eigenvalue weighted by Gasteiger charge is -2.24. The van der Waals surface area contributed by atoms with Crippen LogP contribution in [0.3, 0.4) is 0 Å². The fourth-order valence-electron chi connectivity index (χ4n) is 14.1. The maximum atomic E-state index is 6.11. The van der Waals surface area contributed by atoms with Gasteiger partial charge in [-0.3, -0.25) is 0 Å². The molecule has 26 heteroatoms. The van der Waals surface area contributed by atoms with Crippen molar-refractivity contribution in [2.75, 3.05) is 58.7 Å². The minimum atomic E-state index is 0.228. The van der Waals surface area contributed by atoms with Gasteiger partial charge in [0, 0.05) is 106 Å². The number of nitrogen functional groups attached to an aromatic ring is 6. The number of methoxy groups -OCH3 is 1. The van der Waals surface area contributed by atoms with Crippen molar-refractivity contribution in [3.63, 3.8) is 0 Å². The van der Waals surface area contributed by atoms with Crippen molar-refractivity contribution in [1.29, 1.82) is 0 Å². The van der Waals surface area contributed by atoms with Crippen molar-refractivity contribution in [1.82, 2.24) is 59.8 Å². The summed E-state index contributed by atoms with van der Waals surface area (Å²) >= 11 is 30.2. The number of benzene rings is 7. The second-order valence-electron chi connectivity index (χ2n) is 32.0. The molecule has 122 heavy (non-hydrogen) atoms. The van der Waals surface area contributed by atoms with E-state index in [2.05, 4.69) is 128 Å². The number of anilines is 8. The van der Waals surface area contributed by atoms with Crippen LogP contribution in [-0.4, -0.2) is 79.5 Å². The molecule has 0 radical (unpaired) electrons. The average molecular weight is 1730 g/mol. The molecule has 0 saturated heterocycles. The molecule has 4 fully saturated rings. The zero-order chi connectivity index (χ0) is 86.8. The number of hydrogen-bond acceptors (Lipinski definition) is 21. The van der Waals surface area contributed by atoms with Crippen LogP contribution in [0.2, 0.25) is 25.1 Å². The van der Waals surface area contributed by atoms with E-state index in [-0.39, 0.29) is 5.95 Å². The van der Waals surface area contributed by atoms with E-state index in [1.807, 2.05) is 168 Å². The highest BCUT2D eigenvalue weighted by atomic mass is 35.5. The molecule has 6 aromatic heterocycles. The number of aryl methyl sites for hydroxylation is 9. The van der Waals surface area contributed by atoms with Gasteiger partial charge in [-0.2, -0.15) is 9.97 Å². The van der Waals surface area contributed by atoms with Gasteiger partial charge in [0.2, 0.25) is 35.7 Å². The summed E-state index contributed by atoms with van der Waals surface area (Å²) in [4.78, 5) is 51.9. The highest BCUT2D eigenvalue weighted by Gasteiger charge is 2.26. The minimum absolute atomic E-state index is 0.228. The smallest absolute Gasteiger partial charge is 0.222 e. The van der Waals surface area contributed by atoms with E-state index < -0.39 is 0 Å². The van der Waals surface area contributed by atoms with Gasteiger partial charge in [0.15, 0.2) is 0 Å². The summed E-state index contributed by atoms with van der Waals surface area (Å²) in [7, 11) is 1.68. The van der Waals surface area contributed by atoms with Crippen LogP contribution in [0.25, 0.3) is 67.5 Å². The summed E-state index contributed by atoms with van der Waals surface area (Å²) in [6.07, 6.45) is 17.4. The Labute approximate surface area is 740 Å². The lowest BCUT2D eigenvalue weighted by molar-refractivity contribution is 0.312. The van der Waals surface area contributed by atoms with Crippen molar-refractivity contribution >= 4 is 105 Å². The van der Waals surface area contributed by atoms with Gasteiger partial charge in [-0.05, 0) is 291 Å². The van der Waals surface area contributed by atoms with Gasteiger partial charge in [0.1, 0.15) is 17.4 Å². The molecule has 632 valence electrons. The Bertz CT molecular complexity index is 5710. The number of halogens is 5. The first-order valence-electron chi connectivity index (χ1n) is 41.4. The zero-order valence-corrected chi connectivity index (χ0v) is 74.6. The van der Waals surface area contributed by atoms with E-state index in [4.69, 9.17) is 97.1 Å². The number of nitrogens with two attached hydrogens (primary N) is 6. The molecule has 21 nitrogen and oxygen atoms in total. The lowest BCUT2D eigenvalue weighted by atomic mass is 9.82. The number of ether oxygens (including phenoxy) is 1. The van der Waals surface area contributed by atoms with Crippen LogP contribution in [-0.2, 0) is 32.1 Å². The summed E-state index contributed by atoms with van der Waals surface area (Å²) < 4.78 is 5.36. The molecular formula is C96H107Cl5N20O. The Morgan fingerprint density at radius 1 is 0.328 bits per heavy atom. The normalized spacial score (nSPS) is 13.2. The maximum absolute atomic E-state index is 6.11. The summed E-state index contributed by atoms with van der Waals surface area (Å²) in [6, 6.07) is 54.0. The van der Waals surface area contributed by atoms with Crippen LogP contribution >= 0.6 is 58.0 Å². The van der Waals surface area contributed by atoms with Crippen LogP contribution in [0.4, 0.5) is 47.3 Å². The monoisotopic (exact) mass is 1730 g/mol. The van der Waals surface area contributed by atoms with E-state index in [1.165, 1.54) is 74.5 Å². The van der Waals surface area contributed by atoms with Crippen molar-refractivity contribution in [3.8, 4) is 73.3 Å². The standard InChI is InChI=1S/C19H18Cl2N4.C16H18ClN3.C16H20N4O.C16H19N3.C15H16ClN3.C14H16ClN3/c1-12-2-5-15(21)10-16(12)17-11-18(25-19(22)24-17)23-9-8-13-3-6-14(20)7-4-13;1-10-5-6-12(17)8-14(10)15-9-13(19-16(18)20-15)7-11-3-2-4-11;1-9-7-14(21-3)10(2)6-12(9)13-8-15(18-11-4-5-11)20-16(17)19-13;1-10-3-4-11(2)14(7-10)15-9-13(8-12-5-6-12)18-16(17)19-15;1-9-2-5-11(16)7-13(9)14-8-12(6-10-3-4-10)18-15(17)19-14;1-3-4-11-8-13(18-14(16)17-11)12-7-10(15)6-5-9(12)2/h2-7,10-11H,8-9H2,1H3,(H3,22,23,24,25);5-6,8-9,11H,2-4,7H2,1H3,(H2,18,19,20);6-8,11H,4-5H2,1-3H3,(H3,17,18,19,20);3-4,7,9,12H,5-6,8H2,1-2H3,(H2,17,18,19);2,5,7-8,10H,3-4,6H2,1H3,(H2,17,18,19);5-8H,3-4H2,1-2H3,(H2,16,17,18). The largest absolute Gasteiger partial charge is 0.496 e. The highest BCUT2D eigenvalue weighted by molar-refractivity contribution is 6.32. The first-order chi connectivity index (χ1) is 58.5. The number of aromatic nitrogens is 12. The Balaban J connectivity index is 0.000000134. The van der Waals surface area contributed by atoms with Gasteiger partial charge in [-0.15, -0.1) is 0 Å². The van der Waals surface area contributed by atoms with Gasteiger partial charge in [0.25, 0.3) is 0 Å². The highest BCUT2D eigenvalue weighted by Crippen LogP contribution is 2.39. The summed E-state index contributed by atoms with van der Waals surface area (Å²) in [5, 5.41) is 10.2. The van der Waals surface area contributed by atoms with Crippen molar-refractivity contribution < 1.29 is 4.74 Å². The van der Waals surface area contributed by atoms with E-state index >= 15 is 0 Å². The molecular weight excluding hydrogens is 1630 g/mol. The third kappa shape index (κ3) is 26.6. The molecule has 17 rings (SSSR count). The third-order valence-corrected chi connectivity index (χ3v) is 22.6. The number of nitrogens with zero attached hydrogens (tertiary/aromatic N) is 12. The molecule has 0 bridgehead atoms. The molecule has 14 N–H and O–H groups in total. The molecule has 4 aliphatic carbocycles. The minimum Gasteiger partial charge on any atom is -0.496 e. The Kier molecular flexibility index (Phi) is 30.9. The van der Waals surface area contributed by atoms with E-state index in [1.54, 1.807) is 7.11 Å². The second kappa shape index (κ2) is 42.0. The summed E-state index contributed by atoms with van der Waals surface area (Å²) in [5.41, 5.74) is 60.8.